The molecule has 16 heavy (non-hydrogen) atoms. The minimum absolute atomic E-state index is 0.484. The van der Waals surface area contributed by atoms with Gasteiger partial charge in [0, 0.05) is 10.9 Å². The van der Waals surface area contributed by atoms with Gasteiger partial charge in [0.15, 0.2) is 0 Å². The van der Waals surface area contributed by atoms with Crippen molar-refractivity contribution in [3.8, 4) is 0 Å². The molecule has 1 fully saturated rings. The first-order valence-corrected chi connectivity index (χ1v) is 7.53. The Kier molecular flexibility index (Phi) is 4.68. The van der Waals surface area contributed by atoms with Crippen LogP contribution in [0.25, 0.3) is 0 Å². The molecule has 0 aliphatic heterocycles. The van der Waals surface area contributed by atoms with Gasteiger partial charge >= 0.3 is 0 Å². The van der Waals surface area contributed by atoms with Gasteiger partial charge in [-0.25, -0.2) is 0 Å². The third-order valence-corrected chi connectivity index (χ3v) is 4.87. The van der Waals surface area contributed by atoms with E-state index in [0.29, 0.717) is 6.04 Å². The molecule has 0 bridgehead atoms. The van der Waals surface area contributed by atoms with Gasteiger partial charge in [0.05, 0.1) is 5.02 Å². The summed E-state index contributed by atoms with van der Waals surface area (Å²) in [5.74, 6) is 0.924. The summed E-state index contributed by atoms with van der Waals surface area (Å²) in [5.41, 5.74) is 0. The molecule has 1 unspecified atom stereocenters. The Balaban J connectivity index is 1.98. The molecule has 0 spiro atoms. The van der Waals surface area contributed by atoms with Crippen molar-refractivity contribution in [1.29, 1.82) is 0 Å². The van der Waals surface area contributed by atoms with Gasteiger partial charge in [-0.3, -0.25) is 0 Å². The smallest absolute Gasteiger partial charge is 0.0561 e. The average Bonchev–Trinajstić information content (AvgIpc) is 2.62. The van der Waals surface area contributed by atoms with Gasteiger partial charge in [0.25, 0.3) is 0 Å². The summed E-state index contributed by atoms with van der Waals surface area (Å²) in [6, 6.07) is 2.50. The van der Waals surface area contributed by atoms with E-state index in [1.807, 2.05) is 6.07 Å². The van der Waals surface area contributed by atoms with Crippen LogP contribution < -0.4 is 5.32 Å². The van der Waals surface area contributed by atoms with Crippen LogP contribution >= 0.6 is 22.9 Å². The summed E-state index contributed by atoms with van der Waals surface area (Å²) in [6.45, 7) is 3.30. The Morgan fingerprint density at radius 1 is 1.56 bits per heavy atom. The molecule has 1 nitrogen and oxygen atoms in total. The van der Waals surface area contributed by atoms with Crippen molar-refractivity contribution >= 4 is 22.9 Å². The normalized spacial score (nSPS) is 18.4. The van der Waals surface area contributed by atoms with Crippen molar-refractivity contribution < 1.29 is 0 Å². The second-order valence-electron chi connectivity index (χ2n) is 4.67. The highest BCUT2D eigenvalue weighted by molar-refractivity contribution is 7.10. The van der Waals surface area contributed by atoms with Crippen molar-refractivity contribution in [2.45, 2.75) is 45.1 Å². The standard InChI is InChI=1S/C13H20ClNS/c1-2-7-15-12(9-10-4-3-5-10)13-11(14)6-8-16-13/h6,8,10,12,15H,2-5,7,9H2,1H3. The fraction of sp³-hybridized carbons (Fsp3) is 0.692. The first-order valence-electron chi connectivity index (χ1n) is 6.27. The third-order valence-electron chi connectivity index (χ3n) is 3.40. The van der Waals surface area contributed by atoms with Gasteiger partial charge < -0.3 is 5.32 Å². The Labute approximate surface area is 107 Å². The third kappa shape index (κ3) is 2.99. The van der Waals surface area contributed by atoms with Crippen LogP contribution in [0.5, 0.6) is 0 Å². The fourth-order valence-corrected chi connectivity index (χ4v) is 3.50. The lowest BCUT2D eigenvalue weighted by Crippen LogP contribution is -2.26. The maximum Gasteiger partial charge on any atom is 0.0561 e. The number of rotatable bonds is 6. The van der Waals surface area contributed by atoms with Crippen LogP contribution in [0, 0.1) is 5.92 Å². The first-order chi connectivity index (χ1) is 7.81. The summed E-state index contributed by atoms with van der Waals surface area (Å²) < 4.78 is 0. The molecular weight excluding hydrogens is 238 g/mol. The van der Waals surface area contributed by atoms with Crippen molar-refractivity contribution in [3.63, 3.8) is 0 Å². The zero-order chi connectivity index (χ0) is 11.4. The lowest BCUT2D eigenvalue weighted by Gasteiger charge is -2.30. The molecule has 1 N–H and O–H groups in total. The lowest BCUT2D eigenvalue weighted by atomic mass is 9.80. The maximum atomic E-state index is 6.23. The van der Waals surface area contributed by atoms with Gasteiger partial charge in [-0.15, -0.1) is 11.3 Å². The number of hydrogen-bond donors (Lipinski definition) is 1. The van der Waals surface area contributed by atoms with Gasteiger partial charge in [0.2, 0.25) is 0 Å². The zero-order valence-corrected chi connectivity index (χ0v) is 11.4. The van der Waals surface area contributed by atoms with Gasteiger partial charge in [0.1, 0.15) is 0 Å². The zero-order valence-electron chi connectivity index (χ0n) is 9.84. The van der Waals surface area contributed by atoms with E-state index in [0.717, 1.165) is 17.5 Å². The molecule has 0 radical (unpaired) electrons. The molecule has 1 aromatic heterocycles. The van der Waals surface area contributed by atoms with Crippen LogP contribution in [0.2, 0.25) is 5.02 Å². The van der Waals surface area contributed by atoms with E-state index in [9.17, 15) is 0 Å². The van der Waals surface area contributed by atoms with E-state index < -0.39 is 0 Å². The number of halogens is 1. The van der Waals surface area contributed by atoms with Crippen LogP contribution in [-0.4, -0.2) is 6.54 Å². The summed E-state index contributed by atoms with van der Waals surface area (Å²) in [5, 5.41) is 6.68. The van der Waals surface area contributed by atoms with E-state index in [1.54, 1.807) is 11.3 Å². The van der Waals surface area contributed by atoms with Crippen LogP contribution in [0.15, 0.2) is 11.4 Å². The molecule has 2 rings (SSSR count). The Bertz CT molecular complexity index is 319. The minimum atomic E-state index is 0.484. The van der Waals surface area contributed by atoms with E-state index >= 15 is 0 Å². The average molecular weight is 258 g/mol. The molecule has 0 amide bonds. The molecule has 90 valence electrons. The predicted molar refractivity (Wildman–Crippen MR) is 72.3 cm³/mol. The summed E-state index contributed by atoms with van der Waals surface area (Å²) >= 11 is 8.02. The van der Waals surface area contributed by atoms with Gasteiger partial charge in [-0.2, -0.15) is 0 Å². The summed E-state index contributed by atoms with van der Waals surface area (Å²) in [6.07, 6.45) is 6.69. The number of hydrogen-bond acceptors (Lipinski definition) is 2. The van der Waals surface area contributed by atoms with Crippen molar-refractivity contribution in [1.82, 2.24) is 5.32 Å². The van der Waals surface area contributed by atoms with Crippen LogP contribution in [0.3, 0.4) is 0 Å². The quantitative estimate of drug-likeness (QED) is 0.783. The minimum Gasteiger partial charge on any atom is -0.309 e. The first kappa shape index (κ1) is 12.4. The largest absolute Gasteiger partial charge is 0.309 e. The Morgan fingerprint density at radius 3 is 2.88 bits per heavy atom. The van der Waals surface area contributed by atoms with Gasteiger partial charge in [-0.1, -0.05) is 37.8 Å². The number of thiophene rings is 1. The lowest BCUT2D eigenvalue weighted by molar-refractivity contribution is 0.262. The molecule has 1 aliphatic carbocycles. The van der Waals surface area contributed by atoms with Crippen LogP contribution in [0.4, 0.5) is 0 Å². The van der Waals surface area contributed by atoms with Gasteiger partial charge in [-0.05, 0) is 36.8 Å². The van der Waals surface area contributed by atoms with Crippen molar-refractivity contribution in [2.24, 2.45) is 5.92 Å². The summed E-state index contributed by atoms with van der Waals surface area (Å²) in [4.78, 5) is 1.34. The topological polar surface area (TPSA) is 12.0 Å². The molecule has 1 heterocycles. The molecule has 3 heteroatoms. The van der Waals surface area contributed by atoms with Crippen LogP contribution in [0.1, 0.15) is 49.9 Å². The Hall–Kier alpha value is -0.0500. The second kappa shape index (κ2) is 6.04. The molecule has 1 atom stereocenters. The molecular formula is C13H20ClNS. The van der Waals surface area contributed by atoms with Crippen molar-refractivity contribution in [3.05, 3.63) is 21.3 Å². The molecule has 1 aromatic rings. The Morgan fingerprint density at radius 2 is 2.38 bits per heavy atom. The van der Waals surface area contributed by atoms with E-state index in [-0.39, 0.29) is 0 Å². The van der Waals surface area contributed by atoms with E-state index in [2.05, 4.69) is 17.6 Å². The van der Waals surface area contributed by atoms with Crippen molar-refractivity contribution in [2.75, 3.05) is 6.54 Å². The molecule has 1 aliphatic rings. The molecule has 0 aromatic carbocycles. The second-order valence-corrected chi connectivity index (χ2v) is 6.03. The maximum absolute atomic E-state index is 6.23. The highest BCUT2D eigenvalue weighted by Gasteiger charge is 2.24. The SMILES string of the molecule is CCCNC(CC1CCC1)c1sccc1Cl. The number of nitrogens with one attached hydrogen (secondary N) is 1. The van der Waals surface area contributed by atoms with Crippen LogP contribution in [-0.2, 0) is 0 Å². The molecule has 0 saturated heterocycles. The predicted octanol–water partition coefficient (Wildman–Crippen LogP) is 4.63. The monoisotopic (exact) mass is 257 g/mol. The highest BCUT2D eigenvalue weighted by atomic mass is 35.5. The van der Waals surface area contributed by atoms with E-state index in [1.165, 1.54) is 37.0 Å². The van der Waals surface area contributed by atoms with E-state index in [4.69, 9.17) is 11.6 Å². The summed E-state index contributed by atoms with van der Waals surface area (Å²) in [7, 11) is 0. The molecule has 1 saturated carbocycles. The fourth-order valence-electron chi connectivity index (χ4n) is 2.22. The highest BCUT2D eigenvalue weighted by Crippen LogP contribution is 2.38.